The normalized spacial score (nSPS) is 12.1. The van der Waals surface area contributed by atoms with E-state index >= 15 is 0 Å². The standard InChI is InChI=1S/C46H40N4O2/c1-25-19-27(3)42(28(4)20-25)45-38-13-11-34(47-38)33(24-52)35-12-14-39(48-35)46(43-29(5)21-26(2)22-30(43)6)41-18-16-37(50-41)44(36-15-17-40(45)49-36)32-9-7-31(23-51)8-10-32/h7-22,24,47,50-51H,23H2,1-6H3. The number of nitrogens with zero attached hydrogens (tertiary/aromatic N) is 2. The topological polar surface area (TPSA) is 94.7 Å². The van der Waals surface area contributed by atoms with E-state index in [4.69, 9.17) is 9.97 Å². The average molecular weight is 681 g/mol. The molecule has 0 saturated heterocycles. The average Bonchev–Trinajstić information content (AvgIpc) is 3.94. The molecule has 2 aliphatic rings. The summed E-state index contributed by atoms with van der Waals surface area (Å²) in [6, 6.07) is 25.0. The summed E-state index contributed by atoms with van der Waals surface area (Å²) in [4.78, 5) is 30.8. The van der Waals surface area contributed by atoms with E-state index in [1.807, 2.05) is 48.6 Å². The van der Waals surface area contributed by atoms with Crippen molar-refractivity contribution in [3.63, 3.8) is 0 Å². The van der Waals surface area contributed by atoms with Crippen molar-refractivity contribution in [2.45, 2.75) is 48.1 Å². The van der Waals surface area contributed by atoms with Crippen LogP contribution in [0.2, 0.25) is 0 Å². The summed E-state index contributed by atoms with van der Waals surface area (Å²) in [5.74, 6) is 0. The van der Waals surface area contributed by atoms with Crippen LogP contribution in [0.3, 0.4) is 0 Å². The Balaban J connectivity index is 1.58. The molecule has 3 aromatic heterocycles. The number of rotatable bonds is 5. The van der Waals surface area contributed by atoms with Crippen LogP contribution in [0.15, 0.2) is 72.8 Å². The number of aryl methyl sites for hydroxylation is 6. The number of benzene rings is 3. The van der Waals surface area contributed by atoms with Crippen molar-refractivity contribution < 1.29 is 9.90 Å². The van der Waals surface area contributed by atoms with E-state index in [-0.39, 0.29) is 6.61 Å². The van der Waals surface area contributed by atoms with Gasteiger partial charge in [0.2, 0.25) is 0 Å². The number of hydrogen-bond donors (Lipinski definition) is 3. The summed E-state index contributed by atoms with van der Waals surface area (Å²) >= 11 is 0. The summed E-state index contributed by atoms with van der Waals surface area (Å²) in [6.45, 7) is 12.8. The number of aldehydes is 1. The van der Waals surface area contributed by atoms with Gasteiger partial charge in [-0.05, 0) is 135 Å². The van der Waals surface area contributed by atoms with Gasteiger partial charge in [0.25, 0.3) is 0 Å². The number of hydrogen-bond acceptors (Lipinski definition) is 4. The summed E-state index contributed by atoms with van der Waals surface area (Å²) < 4.78 is 0. The molecule has 0 saturated carbocycles. The Morgan fingerprint density at radius 1 is 0.519 bits per heavy atom. The van der Waals surface area contributed by atoms with Crippen molar-refractivity contribution in [3.05, 3.63) is 140 Å². The molecule has 6 heteroatoms. The van der Waals surface area contributed by atoms with E-state index in [0.29, 0.717) is 16.8 Å². The van der Waals surface area contributed by atoms with E-state index in [1.54, 1.807) is 0 Å². The molecular formula is C46H40N4O2. The molecule has 2 aliphatic heterocycles. The number of nitrogens with one attached hydrogen (secondary N) is 2. The molecule has 0 atom stereocenters. The highest BCUT2D eigenvalue weighted by Crippen LogP contribution is 2.40. The van der Waals surface area contributed by atoms with Crippen LogP contribution in [-0.4, -0.2) is 31.3 Å². The molecule has 6 aromatic rings. The lowest BCUT2D eigenvalue weighted by molar-refractivity contribution is 0.112. The molecule has 0 fully saturated rings. The number of fused-ring (bicyclic) bond motifs is 8. The SMILES string of the molecule is Cc1cc(C)c(-c2c3nc(c(-c4ccc(CO)cc4)c4ccc([nH]4)c(-c4c(C)cc(C)cc4C)c4nc(c(C=O)c5ccc2[nH]5)C=C4)C=C3)c(C)c1. The molecule has 6 nitrogen and oxygen atoms in total. The third kappa shape index (κ3) is 5.62. The molecule has 0 aliphatic carbocycles. The number of aromatic nitrogens is 4. The fraction of sp³-hybridized carbons (Fsp3) is 0.152. The quantitative estimate of drug-likeness (QED) is 0.158. The summed E-state index contributed by atoms with van der Waals surface area (Å²) in [5.41, 5.74) is 20.7. The minimum absolute atomic E-state index is 0.0296. The molecule has 52 heavy (non-hydrogen) atoms. The number of aliphatic hydroxyl groups is 1. The second kappa shape index (κ2) is 12.9. The van der Waals surface area contributed by atoms with Crippen LogP contribution in [0.25, 0.3) is 79.8 Å². The number of carbonyl (C=O) groups is 1. The van der Waals surface area contributed by atoms with Crippen molar-refractivity contribution in [2.75, 3.05) is 0 Å². The predicted molar refractivity (Wildman–Crippen MR) is 215 cm³/mol. The molecule has 8 bridgehead atoms. The van der Waals surface area contributed by atoms with Gasteiger partial charge in [0.1, 0.15) is 0 Å². The molecular weight excluding hydrogens is 641 g/mol. The first kappa shape index (κ1) is 33.1. The van der Waals surface area contributed by atoms with Crippen LogP contribution in [0, 0.1) is 41.5 Å². The van der Waals surface area contributed by atoms with Crippen LogP contribution < -0.4 is 0 Å². The van der Waals surface area contributed by atoms with Gasteiger partial charge in [0.15, 0.2) is 6.29 Å². The third-order valence-electron chi connectivity index (χ3n) is 10.2. The maximum absolute atomic E-state index is 12.9. The van der Waals surface area contributed by atoms with Gasteiger partial charge in [-0.25, -0.2) is 9.97 Å². The fourth-order valence-electron chi connectivity index (χ4n) is 8.11. The lowest BCUT2D eigenvalue weighted by atomic mass is 9.92. The Morgan fingerprint density at radius 2 is 0.923 bits per heavy atom. The summed E-state index contributed by atoms with van der Waals surface area (Å²) in [6.07, 6.45) is 9.00. The summed E-state index contributed by atoms with van der Waals surface area (Å²) in [5, 5.41) is 9.85. The van der Waals surface area contributed by atoms with Gasteiger partial charge in [-0.15, -0.1) is 0 Å². The zero-order valence-electron chi connectivity index (χ0n) is 30.3. The Kier molecular flexibility index (Phi) is 8.20. The summed E-state index contributed by atoms with van der Waals surface area (Å²) in [7, 11) is 0. The van der Waals surface area contributed by atoms with Crippen LogP contribution >= 0.6 is 0 Å². The van der Waals surface area contributed by atoms with Gasteiger partial charge >= 0.3 is 0 Å². The van der Waals surface area contributed by atoms with E-state index in [2.05, 4.69) is 100 Å². The smallest absolute Gasteiger partial charge is 0.154 e. The zero-order chi connectivity index (χ0) is 36.3. The van der Waals surface area contributed by atoms with Gasteiger partial charge in [0.05, 0.1) is 40.5 Å². The largest absolute Gasteiger partial charge is 0.392 e. The third-order valence-corrected chi connectivity index (χ3v) is 10.2. The first-order valence-corrected chi connectivity index (χ1v) is 17.6. The highest BCUT2D eigenvalue weighted by atomic mass is 16.3. The van der Waals surface area contributed by atoms with Gasteiger partial charge in [-0.2, -0.15) is 0 Å². The highest BCUT2D eigenvalue weighted by molar-refractivity contribution is 6.01. The Bertz CT molecular complexity index is 2590. The molecule has 0 radical (unpaired) electrons. The van der Waals surface area contributed by atoms with Crippen LogP contribution in [0.5, 0.6) is 0 Å². The number of aliphatic hydroxyl groups excluding tert-OH is 1. The first-order chi connectivity index (χ1) is 25.1. The van der Waals surface area contributed by atoms with E-state index in [1.165, 1.54) is 11.1 Å². The lowest BCUT2D eigenvalue weighted by Crippen LogP contribution is -1.95. The monoisotopic (exact) mass is 680 g/mol. The van der Waals surface area contributed by atoms with Crippen molar-refractivity contribution >= 4 is 52.7 Å². The van der Waals surface area contributed by atoms with Crippen molar-refractivity contribution in [1.82, 2.24) is 19.9 Å². The maximum atomic E-state index is 12.9. The Labute approximate surface area is 303 Å². The van der Waals surface area contributed by atoms with E-state index in [9.17, 15) is 9.90 Å². The van der Waals surface area contributed by atoms with Crippen molar-refractivity contribution in [3.8, 4) is 33.4 Å². The molecule has 3 aromatic carbocycles. The molecule has 0 amide bonds. The number of aromatic amines is 2. The molecule has 256 valence electrons. The van der Waals surface area contributed by atoms with Crippen LogP contribution in [0.1, 0.15) is 72.1 Å². The maximum Gasteiger partial charge on any atom is 0.154 e. The van der Waals surface area contributed by atoms with E-state index < -0.39 is 0 Å². The van der Waals surface area contributed by atoms with Gasteiger partial charge < -0.3 is 15.1 Å². The molecule has 3 N–H and O–H groups in total. The van der Waals surface area contributed by atoms with Crippen LogP contribution in [0.4, 0.5) is 0 Å². The second-order valence-electron chi connectivity index (χ2n) is 14.1. The van der Waals surface area contributed by atoms with Gasteiger partial charge in [0, 0.05) is 33.2 Å². The number of carbonyl (C=O) groups excluding carboxylic acids is 1. The Hall–Kier alpha value is -6.11. The van der Waals surface area contributed by atoms with E-state index in [0.717, 1.165) is 101 Å². The lowest BCUT2D eigenvalue weighted by Gasteiger charge is -2.13. The molecule has 5 heterocycles. The molecule has 8 rings (SSSR count). The first-order valence-electron chi connectivity index (χ1n) is 17.6. The minimum Gasteiger partial charge on any atom is -0.392 e. The zero-order valence-corrected chi connectivity index (χ0v) is 30.3. The van der Waals surface area contributed by atoms with Crippen LogP contribution in [-0.2, 0) is 6.61 Å². The second-order valence-corrected chi connectivity index (χ2v) is 14.1. The van der Waals surface area contributed by atoms with Gasteiger partial charge in [-0.3, -0.25) is 4.79 Å². The number of H-pyrrole nitrogens is 2. The highest BCUT2D eigenvalue weighted by Gasteiger charge is 2.21. The molecule has 0 spiro atoms. The Morgan fingerprint density at radius 3 is 1.40 bits per heavy atom. The van der Waals surface area contributed by atoms with Gasteiger partial charge in [-0.1, -0.05) is 59.7 Å². The molecule has 0 unspecified atom stereocenters. The predicted octanol–water partition coefficient (Wildman–Crippen LogP) is 10.8. The minimum atomic E-state index is -0.0296. The van der Waals surface area contributed by atoms with Crippen molar-refractivity contribution in [2.24, 2.45) is 0 Å². The fourth-order valence-corrected chi connectivity index (χ4v) is 8.11. The van der Waals surface area contributed by atoms with Crippen molar-refractivity contribution in [1.29, 1.82) is 0 Å².